The van der Waals surface area contributed by atoms with E-state index >= 15 is 0 Å². The van der Waals surface area contributed by atoms with E-state index in [0.717, 1.165) is 50.1 Å². The van der Waals surface area contributed by atoms with Crippen LogP contribution in [0.15, 0.2) is 103 Å². The number of rotatable bonds is 8. The maximum atomic E-state index is 7.66. The van der Waals surface area contributed by atoms with Gasteiger partial charge in [0.25, 0.3) is 0 Å². The minimum Gasteiger partial charge on any atom is -0.372 e. The molecule has 4 nitrogen and oxygen atoms in total. The van der Waals surface area contributed by atoms with Crippen molar-refractivity contribution in [3.05, 3.63) is 137 Å². The third-order valence-corrected chi connectivity index (χ3v) is 13.1. The maximum absolute atomic E-state index is 7.66. The molecular formula is C52H64N4. The van der Waals surface area contributed by atoms with Gasteiger partial charge in [0.05, 0.1) is 5.54 Å². The first kappa shape index (κ1) is 38.5. The molecule has 0 bridgehead atoms. The van der Waals surface area contributed by atoms with Gasteiger partial charge in [-0.2, -0.15) is 0 Å². The Morgan fingerprint density at radius 1 is 0.661 bits per heavy atom. The average molecular weight is 745 g/mol. The standard InChI is InChI=1S/C52H64N4/c1-37-17-19-42(20-18-37)52(53,43-21-23-44(24-22-43)55-29-11-7-12-30-55)28-27-39-33-40-34-45(56-31-13-8-14-32-56)25-26-47(40)49(38(39)2)48-16-10-9-15-46(48)41-35-50(3,4)54-51(5,6)36-41/h9-10,15-28,33-34,41,54H,7-8,11-14,29-32,35-36,53H2,1-6H3/b28-27-. The van der Waals surface area contributed by atoms with Crippen LogP contribution in [-0.4, -0.2) is 37.3 Å². The Hall–Kier alpha value is -4.38. The Kier molecular flexibility index (Phi) is 10.7. The maximum Gasteiger partial charge on any atom is 0.0856 e. The van der Waals surface area contributed by atoms with Crippen LogP contribution in [0, 0.1) is 13.8 Å². The van der Waals surface area contributed by atoms with Crippen molar-refractivity contribution in [3.63, 3.8) is 0 Å². The number of anilines is 2. The molecule has 3 aliphatic rings. The quantitative estimate of drug-likeness (QED) is 0.166. The summed E-state index contributed by atoms with van der Waals surface area (Å²) in [5.41, 5.74) is 19.7. The van der Waals surface area contributed by atoms with Gasteiger partial charge in [-0.3, -0.25) is 0 Å². The zero-order chi connectivity index (χ0) is 39.1. The van der Waals surface area contributed by atoms with E-state index in [4.69, 9.17) is 5.73 Å². The lowest BCUT2D eigenvalue weighted by atomic mass is 9.71. The third-order valence-electron chi connectivity index (χ3n) is 13.1. The first-order valence-electron chi connectivity index (χ1n) is 21.5. The van der Waals surface area contributed by atoms with Gasteiger partial charge in [-0.1, -0.05) is 84.4 Å². The zero-order valence-corrected chi connectivity index (χ0v) is 34.9. The van der Waals surface area contributed by atoms with Crippen LogP contribution in [0.2, 0.25) is 0 Å². The number of hydrogen-bond acceptors (Lipinski definition) is 4. The van der Waals surface area contributed by atoms with E-state index in [1.54, 1.807) is 0 Å². The molecule has 5 aromatic carbocycles. The normalized spacial score (nSPS) is 20.1. The smallest absolute Gasteiger partial charge is 0.0856 e. The van der Waals surface area contributed by atoms with Crippen LogP contribution in [0.25, 0.3) is 28.0 Å². The molecule has 0 spiro atoms. The SMILES string of the molecule is Cc1ccc(C(N)(/C=C\c2cc3cc(N4CCCCC4)ccc3c(-c3ccccc3C3CC(C)(C)NC(C)(C)C3)c2C)c2ccc(N3CCCCC3)cc2)cc1. The van der Waals surface area contributed by atoms with Crippen molar-refractivity contribution in [2.45, 2.75) is 115 Å². The van der Waals surface area contributed by atoms with Crippen molar-refractivity contribution >= 4 is 28.2 Å². The molecule has 292 valence electrons. The monoisotopic (exact) mass is 745 g/mol. The van der Waals surface area contributed by atoms with Crippen LogP contribution < -0.4 is 20.9 Å². The highest BCUT2D eigenvalue weighted by atomic mass is 15.1. The highest BCUT2D eigenvalue weighted by Crippen LogP contribution is 2.46. The van der Waals surface area contributed by atoms with Gasteiger partial charge in [-0.15, -0.1) is 0 Å². The molecule has 0 aliphatic carbocycles. The van der Waals surface area contributed by atoms with Crippen LogP contribution in [0.4, 0.5) is 11.4 Å². The summed E-state index contributed by atoms with van der Waals surface area (Å²) in [5, 5.41) is 6.55. The molecule has 3 aliphatic heterocycles. The topological polar surface area (TPSA) is 44.5 Å². The van der Waals surface area contributed by atoms with Crippen molar-refractivity contribution < 1.29 is 0 Å². The molecule has 56 heavy (non-hydrogen) atoms. The predicted molar refractivity (Wildman–Crippen MR) is 241 cm³/mol. The van der Waals surface area contributed by atoms with Crippen LogP contribution in [-0.2, 0) is 5.54 Å². The summed E-state index contributed by atoms with van der Waals surface area (Å²) in [6.45, 7) is 18.5. The zero-order valence-electron chi connectivity index (χ0n) is 34.9. The Morgan fingerprint density at radius 2 is 1.21 bits per heavy atom. The fraction of sp³-hybridized carbons (Fsp3) is 0.423. The van der Waals surface area contributed by atoms with Gasteiger partial charge in [0.1, 0.15) is 0 Å². The summed E-state index contributed by atoms with van der Waals surface area (Å²) < 4.78 is 0. The summed E-state index contributed by atoms with van der Waals surface area (Å²) in [5.74, 6) is 0.449. The lowest BCUT2D eigenvalue weighted by Gasteiger charge is -2.47. The second kappa shape index (κ2) is 15.5. The molecule has 3 saturated heterocycles. The number of hydrogen-bond donors (Lipinski definition) is 2. The highest BCUT2D eigenvalue weighted by molar-refractivity contribution is 6.02. The van der Waals surface area contributed by atoms with Crippen molar-refractivity contribution in [3.8, 4) is 11.1 Å². The molecule has 3 heterocycles. The van der Waals surface area contributed by atoms with Gasteiger partial charge in [-0.05, 0) is 179 Å². The first-order valence-corrected chi connectivity index (χ1v) is 21.5. The molecule has 3 N–H and O–H groups in total. The molecule has 8 rings (SSSR count). The summed E-state index contributed by atoms with van der Waals surface area (Å²) in [6, 6.07) is 36.8. The fourth-order valence-electron chi connectivity index (χ4n) is 10.5. The summed E-state index contributed by atoms with van der Waals surface area (Å²) in [4.78, 5) is 5.11. The summed E-state index contributed by atoms with van der Waals surface area (Å²) >= 11 is 0. The molecule has 0 aromatic heterocycles. The Bertz CT molecular complexity index is 2170. The molecule has 4 heteroatoms. The lowest BCUT2D eigenvalue weighted by Crippen LogP contribution is -2.57. The minimum atomic E-state index is -0.810. The molecule has 0 amide bonds. The Morgan fingerprint density at radius 3 is 1.84 bits per heavy atom. The largest absolute Gasteiger partial charge is 0.372 e. The van der Waals surface area contributed by atoms with Crippen LogP contribution in [0.5, 0.6) is 0 Å². The third kappa shape index (κ3) is 7.93. The molecule has 0 radical (unpaired) electrons. The molecule has 1 unspecified atom stereocenters. The van der Waals surface area contributed by atoms with Crippen molar-refractivity contribution in [2.75, 3.05) is 36.0 Å². The van der Waals surface area contributed by atoms with E-state index in [1.807, 2.05) is 0 Å². The van der Waals surface area contributed by atoms with Crippen molar-refractivity contribution in [2.24, 2.45) is 5.73 Å². The number of fused-ring (bicyclic) bond motifs is 1. The minimum absolute atomic E-state index is 0.0526. The van der Waals surface area contributed by atoms with Crippen LogP contribution >= 0.6 is 0 Å². The van der Waals surface area contributed by atoms with Crippen LogP contribution in [0.1, 0.15) is 118 Å². The molecule has 3 fully saturated rings. The highest BCUT2D eigenvalue weighted by Gasteiger charge is 2.39. The van der Waals surface area contributed by atoms with E-state index in [2.05, 4.69) is 166 Å². The van der Waals surface area contributed by atoms with E-state index in [9.17, 15) is 0 Å². The van der Waals surface area contributed by atoms with Gasteiger partial charge in [0.2, 0.25) is 0 Å². The Labute approximate surface area is 337 Å². The fourth-order valence-corrected chi connectivity index (χ4v) is 10.5. The van der Waals surface area contributed by atoms with E-state index < -0.39 is 5.54 Å². The van der Waals surface area contributed by atoms with Gasteiger partial charge in [-0.25, -0.2) is 0 Å². The van der Waals surface area contributed by atoms with E-state index in [0.29, 0.717) is 5.92 Å². The van der Waals surface area contributed by atoms with Crippen molar-refractivity contribution in [1.29, 1.82) is 0 Å². The van der Waals surface area contributed by atoms with Crippen LogP contribution in [0.3, 0.4) is 0 Å². The van der Waals surface area contributed by atoms with Gasteiger partial charge in [0.15, 0.2) is 0 Å². The number of nitrogens with one attached hydrogen (secondary N) is 1. The second-order valence-corrected chi connectivity index (χ2v) is 18.7. The average Bonchev–Trinajstić information content (AvgIpc) is 3.20. The van der Waals surface area contributed by atoms with Gasteiger partial charge < -0.3 is 20.9 Å². The molecule has 1 atom stereocenters. The summed E-state index contributed by atoms with van der Waals surface area (Å²) in [7, 11) is 0. The van der Waals surface area contributed by atoms with Gasteiger partial charge >= 0.3 is 0 Å². The Balaban J connectivity index is 1.27. The first-order chi connectivity index (χ1) is 26.9. The molecule has 0 saturated carbocycles. The molecular weight excluding hydrogens is 681 g/mol. The number of benzene rings is 5. The van der Waals surface area contributed by atoms with Gasteiger partial charge in [0, 0.05) is 48.6 Å². The molecule has 5 aromatic rings. The van der Waals surface area contributed by atoms with E-state index in [1.165, 1.54) is 94.1 Å². The summed E-state index contributed by atoms with van der Waals surface area (Å²) in [6.07, 6.45) is 14.5. The number of nitrogens with two attached hydrogens (primary N) is 1. The second-order valence-electron chi connectivity index (χ2n) is 18.7. The van der Waals surface area contributed by atoms with Crippen molar-refractivity contribution in [1.82, 2.24) is 5.32 Å². The number of piperidine rings is 3. The van der Waals surface area contributed by atoms with E-state index in [-0.39, 0.29) is 11.1 Å². The number of aryl methyl sites for hydroxylation is 1. The lowest BCUT2D eigenvalue weighted by molar-refractivity contribution is 0.162. The predicted octanol–water partition coefficient (Wildman–Crippen LogP) is 12.0. The number of nitrogens with zero attached hydrogens (tertiary/aromatic N) is 2.